The number of carbonyl (C=O) groups is 1. The number of morpholine rings is 1. The minimum absolute atomic E-state index is 0.150. The molecule has 0 spiro atoms. The Morgan fingerprint density at radius 3 is 2.64 bits per heavy atom. The van der Waals surface area contributed by atoms with Crippen LogP contribution in [-0.4, -0.2) is 53.0 Å². The highest BCUT2D eigenvalue weighted by atomic mass is 32.1. The summed E-state index contributed by atoms with van der Waals surface area (Å²) in [6, 6.07) is 14.1. The van der Waals surface area contributed by atoms with Gasteiger partial charge in [0.2, 0.25) is 5.13 Å². The number of hydrazone groups is 1. The molecule has 33 heavy (non-hydrogen) atoms. The van der Waals surface area contributed by atoms with E-state index in [1.54, 1.807) is 6.07 Å². The lowest BCUT2D eigenvalue weighted by Gasteiger charge is -2.28. The third-order valence-electron chi connectivity index (χ3n) is 5.12. The first kappa shape index (κ1) is 22.4. The molecule has 0 aliphatic carbocycles. The third kappa shape index (κ3) is 5.51. The van der Waals surface area contributed by atoms with Gasteiger partial charge < -0.3 is 14.7 Å². The van der Waals surface area contributed by atoms with Gasteiger partial charge in [-0.3, -0.25) is 15.5 Å². The number of nitrogens with zero attached hydrogens (tertiary/aromatic N) is 4. The largest absolute Gasteiger partial charge is 0.477 e. The summed E-state index contributed by atoms with van der Waals surface area (Å²) in [5.41, 5.74) is 5.33. The number of ether oxygens (including phenoxy) is 1. The fourth-order valence-corrected chi connectivity index (χ4v) is 4.08. The molecule has 0 bridgehead atoms. The molecule has 0 saturated carbocycles. The maximum Gasteiger partial charge on any atom is 0.352 e. The molecular weight excluding hydrogens is 446 g/mol. The maximum atomic E-state index is 11.6. The summed E-state index contributed by atoms with van der Waals surface area (Å²) in [7, 11) is 0. The maximum absolute atomic E-state index is 11.6. The summed E-state index contributed by atoms with van der Waals surface area (Å²) in [6.07, 6.45) is -0.194. The highest BCUT2D eigenvalue weighted by molar-refractivity contribution is 7.14. The zero-order valence-corrected chi connectivity index (χ0v) is 18.3. The van der Waals surface area contributed by atoms with Crippen molar-refractivity contribution in [2.75, 3.05) is 36.6 Å². The van der Waals surface area contributed by atoms with Gasteiger partial charge in [0, 0.05) is 47.8 Å². The van der Waals surface area contributed by atoms with Gasteiger partial charge >= 0.3 is 5.97 Å². The normalized spacial score (nSPS) is 14.2. The molecule has 2 N–H and O–H groups in total. The topological polar surface area (TPSA) is 130 Å². The van der Waals surface area contributed by atoms with E-state index >= 15 is 0 Å². The van der Waals surface area contributed by atoms with Crippen LogP contribution in [0, 0.1) is 10.1 Å². The predicted molar refractivity (Wildman–Crippen MR) is 126 cm³/mol. The number of nitro benzene ring substituents is 1. The minimum atomic E-state index is -1.27. The fourth-order valence-electron chi connectivity index (χ4n) is 3.42. The molecule has 1 aromatic heterocycles. The molecule has 11 heteroatoms. The summed E-state index contributed by atoms with van der Waals surface area (Å²) >= 11 is 1.29. The van der Waals surface area contributed by atoms with Crippen LogP contribution in [0.4, 0.5) is 16.5 Å². The van der Waals surface area contributed by atoms with Crippen LogP contribution in [0.15, 0.2) is 59.0 Å². The Hall–Kier alpha value is -3.83. The zero-order chi connectivity index (χ0) is 23.2. The number of para-hydroxylation sites is 1. The monoisotopic (exact) mass is 467 g/mol. The van der Waals surface area contributed by atoms with Gasteiger partial charge in [0.05, 0.1) is 23.8 Å². The first-order valence-electron chi connectivity index (χ1n) is 10.2. The van der Waals surface area contributed by atoms with E-state index in [0.717, 1.165) is 43.2 Å². The van der Waals surface area contributed by atoms with Crippen molar-refractivity contribution in [3.8, 4) is 11.3 Å². The van der Waals surface area contributed by atoms with Crippen molar-refractivity contribution in [3.05, 3.63) is 69.6 Å². The standard InChI is InChI=1S/C22H21N5O5S/c28-21(29)18(13-16-3-1-2-4-20(16)27(30)31)24-25-22-23-19(14-33-22)15-5-7-17(8-6-15)26-9-11-32-12-10-26/h1-8,14H,9-13H2,(H,23,25)(H,28,29)/b24-18-. The summed E-state index contributed by atoms with van der Waals surface area (Å²) < 4.78 is 5.39. The van der Waals surface area contributed by atoms with Crippen molar-refractivity contribution < 1.29 is 19.6 Å². The van der Waals surface area contributed by atoms with Crippen LogP contribution in [0.1, 0.15) is 5.56 Å². The molecule has 0 amide bonds. The van der Waals surface area contributed by atoms with Crippen molar-refractivity contribution in [2.24, 2.45) is 5.10 Å². The Bertz CT molecular complexity index is 1170. The molecule has 3 aromatic rings. The number of hydrogen-bond donors (Lipinski definition) is 2. The van der Waals surface area contributed by atoms with Gasteiger partial charge in [-0.2, -0.15) is 5.10 Å². The van der Waals surface area contributed by atoms with Crippen LogP contribution in [0.2, 0.25) is 0 Å². The average molecular weight is 468 g/mol. The van der Waals surface area contributed by atoms with Crippen LogP contribution in [0.3, 0.4) is 0 Å². The highest BCUT2D eigenvalue weighted by Crippen LogP contribution is 2.27. The quantitative estimate of drug-likeness (QED) is 0.292. The molecule has 2 aromatic carbocycles. The van der Waals surface area contributed by atoms with Crippen LogP contribution < -0.4 is 10.3 Å². The number of hydrogen-bond acceptors (Lipinski definition) is 9. The van der Waals surface area contributed by atoms with E-state index in [1.165, 1.54) is 29.5 Å². The predicted octanol–water partition coefficient (Wildman–Crippen LogP) is 3.65. The second-order valence-corrected chi connectivity index (χ2v) is 8.08. The zero-order valence-electron chi connectivity index (χ0n) is 17.5. The molecule has 2 heterocycles. The lowest BCUT2D eigenvalue weighted by molar-refractivity contribution is -0.385. The summed E-state index contributed by atoms with van der Waals surface area (Å²) in [5, 5.41) is 26.9. The highest BCUT2D eigenvalue weighted by Gasteiger charge is 2.19. The molecule has 4 rings (SSSR count). The van der Waals surface area contributed by atoms with E-state index in [-0.39, 0.29) is 23.4 Å². The van der Waals surface area contributed by atoms with E-state index in [4.69, 9.17) is 4.74 Å². The number of thiazole rings is 1. The second kappa shape index (κ2) is 10.2. The number of nitrogens with one attached hydrogen (secondary N) is 1. The van der Waals surface area contributed by atoms with Gasteiger partial charge in [-0.05, 0) is 12.1 Å². The van der Waals surface area contributed by atoms with E-state index < -0.39 is 10.9 Å². The molecule has 0 radical (unpaired) electrons. The number of carboxylic acid groups (broad SMARTS) is 1. The summed E-state index contributed by atoms with van der Waals surface area (Å²) in [4.78, 5) is 29.0. The van der Waals surface area contributed by atoms with Gasteiger partial charge in [0.1, 0.15) is 5.71 Å². The number of anilines is 2. The SMILES string of the molecule is O=C(O)/C(Cc1ccccc1[N+](=O)[O-])=N\Nc1nc(-c2ccc(N3CCOCC3)cc2)cs1. The van der Waals surface area contributed by atoms with Gasteiger partial charge in [0.25, 0.3) is 5.69 Å². The van der Waals surface area contributed by atoms with E-state index in [2.05, 4.69) is 20.4 Å². The van der Waals surface area contributed by atoms with Gasteiger partial charge in [-0.1, -0.05) is 30.3 Å². The first-order valence-corrected chi connectivity index (χ1v) is 11.1. The molecule has 1 aliphatic rings. The van der Waals surface area contributed by atoms with Gasteiger partial charge in [-0.15, -0.1) is 11.3 Å². The fraction of sp³-hybridized carbons (Fsp3) is 0.227. The Labute approximate surface area is 193 Å². The molecule has 0 atom stereocenters. The Morgan fingerprint density at radius 1 is 1.21 bits per heavy atom. The Balaban J connectivity index is 1.45. The molecule has 1 saturated heterocycles. The number of benzene rings is 2. The number of aromatic nitrogens is 1. The number of aliphatic carboxylic acids is 1. The molecule has 170 valence electrons. The molecule has 1 aliphatic heterocycles. The van der Waals surface area contributed by atoms with Crippen LogP contribution in [0.5, 0.6) is 0 Å². The molecule has 0 unspecified atom stereocenters. The van der Waals surface area contributed by atoms with Crippen molar-refractivity contribution in [2.45, 2.75) is 6.42 Å². The van der Waals surface area contributed by atoms with E-state index in [1.807, 2.05) is 29.6 Å². The average Bonchev–Trinajstić information content (AvgIpc) is 3.31. The molecular formula is C22H21N5O5S. The smallest absolute Gasteiger partial charge is 0.352 e. The number of rotatable bonds is 8. The van der Waals surface area contributed by atoms with Crippen molar-refractivity contribution in [1.29, 1.82) is 0 Å². The Morgan fingerprint density at radius 2 is 1.94 bits per heavy atom. The van der Waals surface area contributed by atoms with Crippen molar-refractivity contribution in [1.82, 2.24) is 4.98 Å². The summed E-state index contributed by atoms with van der Waals surface area (Å²) in [6.45, 7) is 3.17. The van der Waals surface area contributed by atoms with Gasteiger partial charge in [0.15, 0.2) is 0 Å². The second-order valence-electron chi connectivity index (χ2n) is 7.22. The van der Waals surface area contributed by atoms with E-state index in [0.29, 0.717) is 5.13 Å². The minimum Gasteiger partial charge on any atom is -0.477 e. The number of carboxylic acids is 1. The van der Waals surface area contributed by atoms with Crippen molar-refractivity contribution >= 4 is 39.5 Å². The van der Waals surface area contributed by atoms with Gasteiger partial charge in [-0.25, -0.2) is 9.78 Å². The van der Waals surface area contributed by atoms with Crippen LogP contribution in [-0.2, 0) is 16.0 Å². The lowest BCUT2D eigenvalue weighted by Crippen LogP contribution is -2.36. The van der Waals surface area contributed by atoms with Crippen molar-refractivity contribution in [3.63, 3.8) is 0 Å². The van der Waals surface area contributed by atoms with Crippen LogP contribution in [0.25, 0.3) is 11.3 Å². The first-order chi connectivity index (χ1) is 16.0. The van der Waals surface area contributed by atoms with Crippen LogP contribution >= 0.6 is 11.3 Å². The lowest BCUT2D eigenvalue weighted by atomic mass is 10.1. The van der Waals surface area contributed by atoms with E-state index in [9.17, 15) is 20.0 Å². The molecule has 1 fully saturated rings. The Kier molecular flexibility index (Phi) is 6.91. The third-order valence-corrected chi connectivity index (χ3v) is 5.87. The summed E-state index contributed by atoms with van der Waals surface area (Å²) in [5.74, 6) is -1.27. The number of nitro groups is 1. The molecule has 10 nitrogen and oxygen atoms in total.